The second kappa shape index (κ2) is 6.67. The number of hydrogen-bond acceptors (Lipinski definition) is 6. The van der Waals surface area contributed by atoms with E-state index in [2.05, 4.69) is 0 Å². The fourth-order valence-corrected chi connectivity index (χ4v) is 2.98. The van der Waals surface area contributed by atoms with Gasteiger partial charge in [0.15, 0.2) is 5.78 Å². The van der Waals surface area contributed by atoms with Crippen LogP contribution in [0.15, 0.2) is 0 Å². The van der Waals surface area contributed by atoms with E-state index in [1.54, 1.807) is 6.92 Å². The van der Waals surface area contributed by atoms with Gasteiger partial charge in [-0.1, -0.05) is 6.42 Å². The summed E-state index contributed by atoms with van der Waals surface area (Å²) in [6.45, 7) is 1.58. The molecule has 0 aromatic rings. The summed E-state index contributed by atoms with van der Waals surface area (Å²) in [5, 5.41) is 27.0. The average Bonchev–Trinajstić information content (AvgIpc) is 2.67. The van der Waals surface area contributed by atoms with Crippen molar-refractivity contribution < 1.29 is 24.7 Å². The van der Waals surface area contributed by atoms with E-state index in [9.17, 15) is 14.7 Å². The third-order valence-corrected chi connectivity index (χ3v) is 4.15. The summed E-state index contributed by atoms with van der Waals surface area (Å²) in [6.07, 6.45) is 1.55. The van der Waals surface area contributed by atoms with Crippen LogP contribution in [0.5, 0.6) is 0 Å². The molecule has 0 aliphatic heterocycles. The Balaban J connectivity index is 2.74. The van der Waals surface area contributed by atoms with Gasteiger partial charge in [0.1, 0.15) is 5.54 Å². The van der Waals surface area contributed by atoms with Crippen LogP contribution >= 0.6 is 0 Å². The minimum atomic E-state index is -1.43. The highest BCUT2D eigenvalue weighted by Crippen LogP contribution is 2.42. The molecule has 0 bridgehead atoms. The van der Waals surface area contributed by atoms with Crippen molar-refractivity contribution >= 4 is 18.9 Å². The fraction of sp³-hybridized carbons (Fsp3) is 0.833. The Morgan fingerprint density at radius 1 is 1.45 bits per heavy atom. The van der Waals surface area contributed by atoms with Crippen LogP contribution in [0.4, 0.5) is 0 Å². The van der Waals surface area contributed by atoms with Crippen molar-refractivity contribution in [3.8, 4) is 0 Å². The predicted molar refractivity (Wildman–Crippen MR) is 73.7 cm³/mol. The number of nitrogens with two attached hydrogens (primary N) is 2. The molecular formula is C12H23BN2O5. The number of carbonyl (C=O) groups is 2. The van der Waals surface area contributed by atoms with Gasteiger partial charge < -0.3 is 26.6 Å². The smallest absolute Gasteiger partial charge is 0.451 e. The third-order valence-electron chi connectivity index (χ3n) is 4.15. The molecule has 8 heteroatoms. The second-order valence-corrected chi connectivity index (χ2v) is 5.78. The standard InChI is InChI=1S/C12H23BN2O5/c1-7(14)10(16)8-5-9(3-2-4-13(19)20)12(15,6-8)11(17)18/h7-9,19-20H,2-6,14-15H2,1H3,(H,17,18)/t7-,8-,9?,12+/m0/s1. The summed E-state index contributed by atoms with van der Waals surface area (Å²) < 4.78 is 0. The van der Waals surface area contributed by atoms with Gasteiger partial charge in [0, 0.05) is 5.92 Å². The topological polar surface area (TPSA) is 147 Å². The summed E-state index contributed by atoms with van der Waals surface area (Å²) in [6, 6.07) is -0.629. The van der Waals surface area contributed by atoms with Crippen LogP contribution in [0.25, 0.3) is 0 Å². The Kier molecular flexibility index (Phi) is 5.70. The number of carboxylic acid groups (broad SMARTS) is 1. The van der Waals surface area contributed by atoms with Crippen molar-refractivity contribution in [1.82, 2.24) is 0 Å². The van der Waals surface area contributed by atoms with Gasteiger partial charge in [-0.25, -0.2) is 0 Å². The number of Topliss-reactive ketones (excluding diaryl/α,β-unsaturated/α-hetero) is 1. The lowest BCUT2D eigenvalue weighted by Gasteiger charge is -2.26. The van der Waals surface area contributed by atoms with Gasteiger partial charge >= 0.3 is 13.1 Å². The molecule has 0 radical (unpaired) electrons. The maximum atomic E-state index is 11.9. The summed E-state index contributed by atoms with van der Waals surface area (Å²) in [4.78, 5) is 23.3. The number of ketones is 1. The summed E-state index contributed by atoms with van der Waals surface area (Å²) >= 11 is 0. The molecule has 0 saturated heterocycles. The van der Waals surface area contributed by atoms with Gasteiger partial charge in [0.2, 0.25) is 0 Å². The first-order valence-corrected chi connectivity index (χ1v) is 6.86. The van der Waals surface area contributed by atoms with Crippen LogP contribution in [0, 0.1) is 11.8 Å². The van der Waals surface area contributed by atoms with E-state index in [0.717, 1.165) is 0 Å². The molecule has 1 fully saturated rings. The molecule has 0 heterocycles. The lowest BCUT2D eigenvalue weighted by Crippen LogP contribution is -2.51. The van der Waals surface area contributed by atoms with Crippen LogP contribution in [0.1, 0.15) is 32.6 Å². The molecule has 1 aliphatic carbocycles. The zero-order chi connectivity index (χ0) is 15.5. The summed E-state index contributed by atoms with van der Waals surface area (Å²) in [5.74, 6) is -2.07. The largest absolute Gasteiger partial charge is 0.480 e. The molecule has 0 amide bonds. The SMILES string of the molecule is C[C@H](N)C(=O)[C@H]1CC(CCCB(O)O)[C@@](N)(C(=O)O)C1. The van der Waals surface area contributed by atoms with E-state index in [0.29, 0.717) is 19.3 Å². The zero-order valence-corrected chi connectivity index (χ0v) is 11.7. The average molecular weight is 286 g/mol. The quantitative estimate of drug-likeness (QED) is 0.376. The van der Waals surface area contributed by atoms with E-state index in [1.165, 1.54) is 0 Å². The van der Waals surface area contributed by atoms with E-state index >= 15 is 0 Å². The minimum absolute atomic E-state index is 0.0923. The predicted octanol–water partition coefficient (Wildman–Crippen LogP) is -1.04. The van der Waals surface area contributed by atoms with Crippen LogP contribution < -0.4 is 11.5 Å². The van der Waals surface area contributed by atoms with Gasteiger partial charge in [0.25, 0.3) is 0 Å². The monoisotopic (exact) mass is 286 g/mol. The molecule has 0 aromatic heterocycles. The Morgan fingerprint density at radius 2 is 2.05 bits per heavy atom. The first-order valence-electron chi connectivity index (χ1n) is 6.86. The molecule has 0 spiro atoms. The van der Waals surface area contributed by atoms with Gasteiger partial charge in [-0.05, 0) is 38.4 Å². The van der Waals surface area contributed by atoms with E-state index in [4.69, 9.17) is 21.5 Å². The molecule has 1 aliphatic rings. The molecule has 1 unspecified atom stereocenters. The number of aliphatic carboxylic acids is 1. The van der Waals surface area contributed by atoms with E-state index in [-0.39, 0.29) is 24.4 Å². The number of hydrogen-bond donors (Lipinski definition) is 5. The second-order valence-electron chi connectivity index (χ2n) is 5.78. The van der Waals surface area contributed by atoms with E-state index < -0.39 is 30.6 Å². The first-order chi connectivity index (χ1) is 9.18. The lowest BCUT2D eigenvalue weighted by atomic mass is 9.78. The molecule has 1 rings (SSSR count). The van der Waals surface area contributed by atoms with Crippen molar-refractivity contribution in [2.24, 2.45) is 23.3 Å². The molecule has 7 nitrogen and oxygen atoms in total. The minimum Gasteiger partial charge on any atom is -0.480 e. The highest BCUT2D eigenvalue weighted by molar-refractivity contribution is 6.40. The zero-order valence-electron chi connectivity index (χ0n) is 11.7. The number of carboxylic acids is 1. The van der Waals surface area contributed by atoms with Crippen molar-refractivity contribution in [2.75, 3.05) is 0 Å². The van der Waals surface area contributed by atoms with Crippen LogP contribution in [-0.2, 0) is 9.59 Å². The van der Waals surface area contributed by atoms with Crippen LogP contribution in [-0.4, -0.2) is 45.6 Å². The molecule has 4 atom stereocenters. The van der Waals surface area contributed by atoms with Gasteiger partial charge in [-0.2, -0.15) is 0 Å². The molecular weight excluding hydrogens is 263 g/mol. The highest BCUT2D eigenvalue weighted by atomic mass is 16.4. The maximum Gasteiger partial charge on any atom is 0.451 e. The maximum absolute atomic E-state index is 11.9. The first kappa shape index (κ1) is 17.1. The molecule has 20 heavy (non-hydrogen) atoms. The van der Waals surface area contributed by atoms with Crippen molar-refractivity contribution in [1.29, 1.82) is 0 Å². The number of carbonyl (C=O) groups excluding carboxylic acids is 1. The van der Waals surface area contributed by atoms with Gasteiger partial charge in [-0.15, -0.1) is 0 Å². The Bertz CT molecular complexity index is 377. The Morgan fingerprint density at radius 3 is 2.50 bits per heavy atom. The van der Waals surface area contributed by atoms with Crippen LogP contribution in [0.2, 0.25) is 6.32 Å². The van der Waals surface area contributed by atoms with Crippen LogP contribution in [0.3, 0.4) is 0 Å². The summed E-state index contributed by atoms with van der Waals surface area (Å²) in [7, 11) is -1.41. The van der Waals surface area contributed by atoms with Crippen molar-refractivity contribution in [3.05, 3.63) is 0 Å². The van der Waals surface area contributed by atoms with Crippen molar-refractivity contribution in [2.45, 2.75) is 50.5 Å². The molecule has 0 aromatic carbocycles. The third kappa shape index (κ3) is 3.79. The Hall–Kier alpha value is -0.955. The molecule has 1 saturated carbocycles. The van der Waals surface area contributed by atoms with E-state index in [1.807, 2.05) is 0 Å². The molecule has 7 N–H and O–H groups in total. The molecule has 114 valence electrons. The number of rotatable bonds is 7. The summed E-state index contributed by atoms with van der Waals surface area (Å²) in [5.41, 5.74) is 10.1. The highest BCUT2D eigenvalue weighted by Gasteiger charge is 2.51. The van der Waals surface area contributed by atoms with Gasteiger partial charge in [-0.3, -0.25) is 9.59 Å². The normalized spacial score (nSPS) is 31.1. The van der Waals surface area contributed by atoms with Gasteiger partial charge in [0.05, 0.1) is 6.04 Å². The fourth-order valence-electron chi connectivity index (χ4n) is 2.98. The Labute approximate surface area is 118 Å². The lowest BCUT2D eigenvalue weighted by molar-refractivity contribution is -0.145. The van der Waals surface area contributed by atoms with Crippen molar-refractivity contribution in [3.63, 3.8) is 0 Å².